The summed E-state index contributed by atoms with van der Waals surface area (Å²) in [4.78, 5) is 4.86. The van der Waals surface area contributed by atoms with Crippen LogP contribution < -0.4 is 0 Å². The summed E-state index contributed by atoms with van der Waals surface area (Å²) in [5.74, 6) is 4.96. The molecule has 0 N–H and O–H groups in total. The van der Waals surface area contributed by atoms with E-state index in [4.69, 9.17) is 0 Å². The SMILES string of the molecule is CCN(C=C1C=CCC(=CN(CC)CC)[CH]1[Al]([CH3])[CH3])CC. The van der Waals surface area contributed by atoms with Gasteiger partial charge in [-0.15, -0.1) is 11.6 Å². The van der Waals surface area contributed by atoms with Crippen LogP contribution in [0.2, 0.25) is 16.4 Å². The smallest absolute Gasteiger partial charge is 0.271 e. The molecular weight excluding hydrogens is 271 g/mol. The first-order valence-corrected chi connectivity index (χ1v) is 11.6. The van der Waals surface area contributed by atoms with E-state index in [0.29, 0.717) is 4.78 Å². The summed E-state index contributed by atoms with van der Waals surface area (Å²) in [6.45, 7) is 13.4. The van der Waals surface area contributed by atoms with Crippen molar-refractivity contribution in [3.63, 3.8) is 0 Å². The summed E-state index contributed by atoms with van der Waals surface area (Å²) >= 11 is -0.771. The summed E-state index contributed by atoms with van der Waals surface area (Å²) in [6.07, 6.45) is 10.7. The summed E-state index contributed by atoms with van der Waals surface area (Å²) < 4.78 is 0.691. The normalized spacial score (nSPS) is 21.9. The maximum atomic E-state index is 2.48. The Morgan fingerprint density at radius 3 is 2.00 bits per heavy atom. The molecular formula is C18H33AlN2. The molecule has 0 bridgehead atoms. The first-order valence-electron chi connectivity index (χ1n) is 8.64. The Hall–Kier alpha value is -0.648. The first-order chi connectivity index (χ1) is 10.1. The molecule has 0 radical (unpaired) electrons. The molecule has 0 heterocycles. The van der Waals surface area contributed by atoms with Crippen molar-refractivity contribution in [2.75, 3.05) is 26.2 Å². The molecule has 1 aliphatic rings. The van der Waals surface area contributed by atoms with Crippen molar-refractivity contribution in [2.24, 2.45) is 0 Å². The van der Waals surface area contributed by atoms with Gasteiger partial charge < -0.3 is 9.80 Å². The molecule has 1 atom stereocenters. The van der Waals surface area contributed by atoms with E-state index >= 15 is 0 Å². The van der Waals surface area contributed by atoms with Crippen LogP contribution in [-0.2, 0) is 0 Å². The predicted octanol–water partition coefficient (Wildman–Crippen LogP) is 4.52. The van der Waals surface area contributed by atoms with Crippen molar-refractivity contribution in [3.05, 3.63) is 35.7 Å². The van der Waals surface area contributed by atoms with Crippen molar-refractivity contribution in [3.8, 4) is 0 Å². The zero-order chi connectivity index (χ0) is 15.8. The van der Waals surface area contributed by atoms with Gasteiger partial charge in [-0.1, -0.05) is 17.7 Å². The molecule has 0 aromatic carbocycles. The van der Waals surface area contributed by atoms with Crippen molar-refractivity contribution in [2.45, 2.75) is 50.5 Å². The molecule has 2 nitrogen and oxygen atoms in total. The highest BCUT2D eigenvalue weighted by molar-refractivity contribution is 6.59. The average molecular weight is 304 g/mol. The predicted molar refractivity (Wildman–Crippen MR) is 97.0 cm³/mol. The molecule has 0 amide bonds. The minimum absolute atomic E-state index is 0.691. The topological polar surface area (TPSA) is 6.48 Å². The van der Waals surface area contributed by atoms with Gasteiger partial charge in [-0.25, -0.2) is 0 Å². The lowest BCUT2D eigenvalue weighted by Gasteiger charge is -2.30. The third kappa shape index (κ3) is 5.24. The summed E-state index contributed by atoms with van der Waals surface area (Å²) in [6, 6.07) is 0. The van der Waals surface area contributed by atoms with Gasteiger partial charge in [0.05, 0.1) is 0 Å². The molecule has 21 heavy (non-hydrogen) atoms. The van der Waals surface area contributed by atoms with Gasteiger partial charge in [-0.2, -0.15) is 0 Å². The Kier molecular flexibility index (Phi) is 8.22. The van der Waals surface area contributed by atoms with E-state index in [-0.39, 0.29) is 0 Å². The zero-order valence-electron chi connectivity index (χ0n) is 14.9. The van der Waals surface area contributed by atoms with Crippen molar-refractivity contribution >= 4 is 14.1 Å². The molecule has 0 aliphatic heterocycles. The number of nitrogens with zero attached hydrogens (tertiary/aromatic N) is 2. The van der Waals surface area contributed by atoms with Crippen LogP contribution in [0.15, 0.2) is 35.7 Å². The van der Waals surface area contributed by atoms with Gasteiger partial charge in [-0.3, -0.25) is 0 Å². The van der Waals surface area contributed by atoms with E-state index in [9.17, 15) is 0 Å². The van der Waals surface area contributed by atoms with Gasteiger partial charge in [-0.05, 0) is 50.7 Å². The van der Waals surface area contributed by atoms with E-state index in [1.807, 2.05) is 0 Å². The molecule has 3 heteroatoms. The van der Waals surface area contributed by atoms with Gasteiger partial charge in [0.2, 0.25) is 0 Å². The second-order valence-corrected chi connectivity index (χ2v) is 9.26. The van der Waals surface area contributed by atoms with Gasteiger partial charge in [0.1, 0.15) is 0 Å². The van der Waals surface area contributed by atoms with E-state index in [1.54, 1.807) is 5.57 Å². The maximum absolute atomic E-state index is 2.48. The van der Waals surface area contributed by atoms with Crippen LogP contribution in [0.5, 0.6) is 0 Å². The molecule has 0 fully saturated rings. The first kappa shape index (κ1) is 18.4. The third-order valence-corrected chi connectivity index (χ3v) is 6.54. The van der Waals surface area contributed by atoms with E-state index in [0.717, 1.165) is 32.6 Å². The Morgan fingerprint density at radius 2 is 1.52 bits per heavy atom. The zero-order valence-corrected chi connectivity index (χ0v) is 16.0. The molecule has 0 saturated heterocycles. The van der Waals surface area contributed by atoms with Gasteiger partial charge in [0, 0.05) is 32.4 Å². The largest absolute Gasteiger partial charge is 0.378 e. The van der Waals surface area contributed by atoms with E-state index in [1.165, 1.54) is 5.57 Å². The Morgan fingerprint density at radius 1 is 1.00 bits per heavy atom. The van der Waals surface area contributed by atoms with Crippen LogP contribution in [0.1, 0.15) is 34.1 Å². The molecule has 0 saturated carbocycles. The molecule has 0 aromatic rings. The minimum atomic E-state index is -0.771. The van der Waals surface area contributed by atoms with Crippen LogP contribution >= 0.6 is 0 Å². The summed E-state index contributed by atoms with van der Waals surface area (Å²) in [5, 5.41) is 0. The van der Waals surface area contributed by atoms with Gasteiger partial charge in [0.25, 0.3) is 14.1 Å². The van der Waals surface area contributed by atoms with Gasteiger partial charge in [0.15, 0.2) is 0 Å². The Balaban J connectivity index is 3.11. The molecule has 1 rings (SSSR count). The quantitative estimate of drug-likeness (QED) is 0.638. The van der Waals surface area contributed by atoms with E-state index in [2.05, 4.69) is 73.6 Å². The fourth-order valence-electron chi connectivity index (χ4n) is 3.10. The Bertz CT molecular complexity index is 388. The maximum Gasteiger partial charge on any atom is 0.271 e. The van der Waals surface area contributed by atoms with Crippen molar-refractivity contribution in [1.29, 1.82) is 0 Å². The van der Waals surface area contributed by atoms with Crippen LogP contribution in [0.4, 0.5) is 0 Å². The molecule has 0 spiro atoms. The lowest BCUT2D eigenvalue weighted by molar-refractivity contribution is 0.410. The molecule has 1 unspecified atom stereocenters. The highest BCUT2D eigenvalue weighted by Gasteiger charge is 2.27. The fraction of sp³-hybridized carbons (Fsp3) is 0.667. The highest BCUT2D eigenvalue weighted by atomic mass is 27.2. The second kappa shape index (κ2) is 9.39. The second-order valence-electron chi connectivity index (χ2n) is 6.10. The van der Waals surface area contributed by atoms with Crippen molar-refractivity contribution in [1.82, 2.24) is 9.80 Å². The number of hydrogen-bond acceptors (Lipinski definition) is 2. The molecule has 1 aliphatic carbocycles. The average Bonchev–Trinajstić information content (AvgIpc) is 2.49. The monoisotopic (exact) mass is 304 g/mol. The minimum Gasteiger partial charge on any atom is -0.378 e. The van der Waals surface area contributed by atoms with Crippen LogP contribution in [0.3, 0.4) is 0 Å². The lowest BCUT2D eigenvalue weighted by atomic mass is 9.96. The van der Waals surface area contributed by atoms with Crippen molar-refractivity contribution < 1.29 is 0 Å². The molecule has 0 aromatic heterocycles. The standard InChI is InChI=1S/C16H27N2.2CH3.Al/c1-5-17(6-2)13-15-10-9-11-16(12-15)14-18(7-3)8-4;;;/h9-10,12-14H,5-8,11H2,1-4H3;2*1H3;. The fourth-order valence-corrected chi connectivity index (χ4v) is 5.15. The Labute approximate surface area is 136 Å². The van der Waals surface area contributed by atoms with E-state index < -0.39 is 14.1 Å². The van der Waals surface area contributed by atoms with Crippen LogP contribution in [-0.4, -0.2) is 50.1 Å². The lowest BCUT2D eigenvalue weighted by Crippen LogP contribution is -2.25. The molecule has 118 valence electrons. The number of allylic oxidation sites excluding steroid dienone is 4. The highest BCUT2D eigenvalue weighted by Crippen LogP contribution is 2.37. The summed E-state index contributed by atoms with van der Waals surface area (Å²) in [7, 11) is 0. The van der Waals surface area contributed by atoms with Crippen LogP contribution in [0.25, 0.3) is 0 Å². The number of hydrogen-bond donors (Lipinski definition) is 0. The van der Waals surface area contributed by atoms with Crippen LogP contribution in [0, 0.1) is 0 Å². The number of rotatable bonds is 7. The van der Waals surface area contributed by atoms with Gasteiger partial charge >= 0.3 is 0 Å². The summed E-state index contributed by atoms with van der Waals surface area (Å²) in [5.41, 5.74) is 3.16. The third-order valence-electron chi connectivity index (χ3n) is 4.39.